The predicted octanol–water partition coefficient (Wildman–Crippen LogP) is -0.0317. The quantitative estimate of drug-likeness (QED) is 0.356. The van der Waals surface area contributed by atoms with Gasteiger partial charge in [0.15, 0.2) is 5.75 Å². The van der Waals surface area contributed by atoms with E-state index in [2.05, 4.69) is 0 Å². The van der Waals surface area contributed by atoms with Crippen LogP contribution in [0.25, 0.3) is 0 Å². The van der Waals surface area contributed by atoms with Gasteiger partial charge in [-0.2, -0.15) is 11.8 Å². The van der Waals surface area contributed by atoms with Gasteiger partial charge < -0.3 is 35.6 Å². The van der Waals surface area contributed by atoms with E-state index in [-0.39, 0.29) is 40.5 Å². The fourth-order valence-corrected chi connectivity index (χ4v) is 4.29. The van der Waals surface area contributed by atoms with E-state index in [1.54, 1.807) is 4.90 Å². The molecule has 2 unspecified atom stereocenters. The Kier molecular flexibility index (Phi) is 7.84. The number of carbonyl (C=O) groups excluding carboxylic acids is 1. The molecule has 1 fully saturated rings. The highest BCUT2D eigenvalue weighted by atomic mass is 35.5. The third-order valence-corrected chi connectivity index (χ3v) is 5.99. The molecule has 1 aromatic carbocycles. The Morgan fingerprint density at radius 2 is 2.18 bits per heavy atom. The van der Waals surface area contributed by atoms with E-state index in [1.807, 2.05) is 0 Å². The number of halogens is 1. The zero-order chi connectivity index (χ0) is 21.0. The third kappa shape index (κ3) is 5.23. The first-order chi connectivity index (χ1) is 13.1. The Morgan fingerprint density at radius 3 is 2.68 bits per heavy atom. The molecule has 1 aliphatic rings. The van der Waals surface area contributed by atoms with Gasteiger partial charge in [0.1, 0.15) is 11.3 Å². The number of nitrogens with zero attached hydrogens (tertiary/aromatic N) is 1. The summed E-state index contributed by atoms with van der Waals surface area (Å²) >= 11 is 7.03. The number of rotatable bonds is 8. The van der Waals surface area contributed by atoms with E-state index in [1.165, 1.54) is 13.2 Å². The largest absolute Gasteiger partial charge is 0.507 e. The highest BCUT2D eigenvalue weighted by molar-refractivity contribution is 8.01. The number of likely N-dealkylation sites (tertiary alicyclic amines) is 1. The minimum atomic E-state index is -1.80. The molecule has 6 N–H and O–H groups in total. The maximum absolute atomic E-state index is 12.2. The van der Waals surface area contributed by atoms with Crippen molar-refractivity contribution in [3.05, 3.63) is 22.2 Å². The maximum Gasteiger partial charge on any atom is 0.465 e. The van der Waals surface area contributed by atoms with Crippen LogP contribution in [0.5, 0.6) is 11.5 Å². The number of carboxylic acids is 1. The smallest absolute Gasteiger partial charge is 0.465 e. The lowest BCUT2D eigenvalue weighted by molar-refractivity contribution is -0.127. The zero-order valence-corrected chi connectivity index (χ0v) is 16.7. The Morgan fingerprint density at radius 1 is 1.50 bits per heavy atom. The van der Waals surface area contributed by atoms with Gasteiger partial charge in [-0.1, -0.05) is 11.6 Å². The Bertz CT molecular complexity index is 752. The van der Waals surface area contributed by atoms with E-state index in [0.29, 0.717) is 13.1 Å². The first-order valence-electron chi connectivity index (χ1n) is 8.48. The lowest BCUT2D eigenvalue weighted by Crippen LogP contribution is -2.36. The number of ether oxygens (including phenoxy) is 1. The van der Waals surface area contributed by atoms with Crippen molar-refractivity contribution in [1.82, 2.24) is 4.90 Å². The van der Waals surface area contributed by atoms with Crippen LogP contribution < -0.4 is 10.5 Å². The van der Waals surface area contributed by atoms with Gasteiger partial charge in [0.2, 0.25) is 5.91 Å². The third-order valence-electron chi connectivity index (χ3n) is 4.46. The second-order valence-electron chi connectivity index (χ2n) is 6.44. The van der Waals surface area contributed by atoms with Gasteiger partial charge in [0, 0.05) is 24.3 Å². The molecule has 2 rings (SSSR count). The molecule has 0 radical (unpaired) electrons. The van der Waals surface area contributed by atoms with E-state index in [9.17, 15) is 29.9 Å². The molecule has 0 spiro atoms. The van der Waals surface area contributed by atoms with Gasteiger partial charge in [0.05, 0.1) is 17.9 Å². The van der Waals surface area contributed by atoms with Crippen LogP contribution in [0.2, 0.25) is 5.02 Å². The molecule has 0 saturated carbocycles. The SMILES string of the molecule is COc1c(Cl)cc(CC(SCC(=O)N2CCC(N)C2)B(O)O)c(O)c1C(=O)O. The summed E-state index contributed by atoms with van der Waals surface area (Å²) in [5, 5.41) is 38.1. The van der Waals surface area contributed by atoms with Crippen LogP contribution in [0, 0.1) is 0 Å². The minimum absolute atomic E-state index is 0.00849. The van der Waals surface area contributed by atoms with E-state index in [0.717, 1.165) is 18.2 Å². The molecule has 9 nitrogen and oxygen atoms in total. The number of methoxy groups -OCH3 is 1. The first-order valence-corrected chi connectivity index (χ1v) is 9.91. The number of benzene rings is 1. The van der Waals surface area contributed by atoms with Crippen molar-refractivity contribution in [1.29, 1.82) is 0 Å². The number of nitrogens with two attached hydrogens (primary N) is 1. The number of aromatic hydroxyl groups is 1. The second kappa shape index (κ2) is 9.70. The normalized spacial score (nSPS) is 17.5. The van der Waals surface area contributed by atoms with Crippen LogP contribution in [-0.4, -0.2) is 81.3 Å². The summed E-state index contributed by atoms with van der Waals surface area (Å²) < 4.78 is 4.93. The number of aromatic carboxylic acids is 1. The average Bonchev–Trinajstić information content (AvgIpc) is 3.06. The number of carbonyl (C=O) groups is 2. The Labute approximate surface area is 171 Å². The topological polar surface area (TPSA) is 154 Å². The van der Waals surface area contributed by atoms with Crippen molar-refractivity contribution >= 4 is 42.4 Å². The predicted molar refractivity (Wildman–Crippen MR) is 106 cm³/mol. The van der Waals surface area contributed by atoms with Crippen molar-refractivity contribution in [3.8, 4) is 11.5 Å². The van der Waals surface area contributed by atoms with Crippen molar-refractivity contribution in [2.24, 2.45) is 5.73 Å². The molecular formula is C16H22BClN2O7S. The summed E-state index contributed by atoms with van der Waals surface area (Å²) in [7, 11) is -0.578. The van der Waals surface area contributed by atoms with Crippen LogP contribution in [0.3, 0.4) is 0 Å². The molecule has 0 aromatic heterocycles. The van der Waals surface area contributed by atoms with Crippen molar-refractivity contribution in [3.63, 3.8) is 0 Å². The number of phenols is 1. The fraction of sp³-hybridized carbons (Fsp3) is 0.500. The van der Waals surface area contributed by atoms with Gasteiger partial charge in [-0.3, -0.25) is 4.79 Å². The maximum atomic E-state index is 12.2. The molecule has 154 valence electrons. The summed E-state index contributed by atoms with van der Waals surface area (Å²) in [6.07, 6.45) is 0.601. The fourth-order valence-electron chi connectivity index (χ4n) is 2.98. The van der Waals surface area contributed by atoms with Crippen LogP contribution in [0.15, 0.2) is 6.07 Å². The van der Waals surface area contributed by atoms with Gasteiger partial charge in [-0.25, -0.2) is 4.79 Å². The molecule has 1 aliphatic heterocycles. The zero-order valence-electron chi connectivity index (χ0n) is 15.2. The van der Waals surface area contributed by atoms with Gasteiger partial charge in [0.25, 0.3) is 0 Å². The van der Waals surface area contributed by atoms with E-state index < -0.39 is 29.5 Å². The summed E-state index contributed by atoms with van der Waals surface area (Å²) in [6, 6.07) is 1.25. The van der Waals surface area contributed by atoms with E-state index >= 15 is 0 Å². The number of amides is 1. The molecule has 12 heteroatoms. The number of thioether (sulfide) groups is 1. The molecule has 1 amide bonds. The van der Waals surface area contributed by atoms with Crippen LogP contribution >= 0.6 is 23.4 Å². The molecule has 0 bridgehead atoms. The molecule has 0 aliphatic carbocycles. The monoisotopic (exact) mass is 432 g/mol. The summed E-state index contributed by atoms with van der Waals surface area (Å²) in [5.41, 5.74) is 5.37. The summed E-state index contributed by atoms with van der Waals surface area (Å²) in [4.78, 5) is 25.3. The number of carboxylic acid groups (broad SMARTS) is 1. The van der Waals surface area contributed by atoms with Crippen molar-refractivity contribution in [2.75, 3.05) is 26.0 Å². The molecule has 1 heterocycles. The number of hydrogen-bond donors (Lipinski definition) is 5. The van der Waals surface area contributed by atoms with Gasteiger partial charge in [-0.15, -0.1) is 0 Å². The van der Waals surface area contributed by atoms with Crippen LogP contribution in [0.1, 0.15) is 22.3 Å². The Hall–Kier alpha value is -1.66. The second-order valence-corrected chi connectivity index (χ2v) is 8.07. The van der Waals surface area contributed by atoms with Crippen molar-refractivity contribution in [2.45, 2.75) is 24.0 Å². The summed E-state index contributed by atoms with van der Waals surface area (Å²) in [6.45, 7) is 1.02. The summed E-state index contributed by atoms with van der Waals surface area (Å²) in [5.74, 6) is -2.38. The molecule has 2 atom stereocenters. The lowest BCUT2D eigenvalue weighted by atomic mass is 9.81. The molecular weight excluding hydrogens is 411 g/mol. The van der Waals surface area contributed by atoms with Gasteiger partial charge >= 0.3 is 13.1 Å². The first kappa shape index (κ1) is 22.6. The van der Waals surface area contributed by atoms with Gasteiger partial charge in [-0.05, 0) is 24.5 Å². The van der Waals surface area contributed by atoms with Crippen molar-refractivity contribution < 1.29 is 34.6 Å². The molecule has 28 heavy (non-hydrogen) atoms. The van der Waals surface area contributed by atoms with E-state index in [4.69, 9.17) is 22.1 Å². The molecule has 1 aromatic rings. The molecule has 1 saturated heterocycles. The highest BCUT2D eigenvalue weighted by Gasteiger charge is 2.31. The lowest BCUT2D eigenvalue weighted by Gasteiger charge is -2.20. The van der Waals surface area contributed by atoms with Crippen LogP contribution in [0.4, 0.5) is 0 Å². The standard InChI is InChI=1S/C16H22BClN2O7S/c1-27-15-10(18)4-8(14(22)13(15)16(23)24)5-11(17(25)26)28-7-12(21)20-3-2-9(19)6-20/h4,9,11,22,25-26H,2-3,5-7,19H2,1H3,(H,23,24). The average molecular weight is 433 g/mol. The van der Waals surface area contributed by atoms with Crippen LogP contribution in [-0.2, 0) is 11.2 Å². The minimum Gasteiger partial charge on any atom is -0.507 e. The number of hydrogen-bond acceptors (Lipinski definition) is 8. The Balaban J connectivity index is 2.16. The highest BCUT2D eigenvalue weighted by Crippen LogP contribution is 2.39.